The lowest BCUT2D eigenvalue weighted by atomic mass is 9.94. The minimum atomic E-state index is 0.430. The molecule has 1 N–H and O–H groups in total. The van der Waals surface area contributed by atoms with Crippen LogP contribution in [0.3, 0.4) is 0 Å². The first-order chi connectivity index (χ1) is 8.77. The molecule has 2 aliphatic rings. The van der Waals surface area contributed by atoms with Crippen LogP contribution in [0.15, 0.2) is 18.5 Å². The van der Waals surface area contributed by atoms with Crippen molar-refractivity contribution in [2.75, 3.05) is 19.6 Å². The number of aromatic nitrogens is 1. The van der Waals surface area contributed by atoms with Crippen LogP contribution in [-0.2, 0) is 6.54 Å². The van der Waals surface area contributed by atoms with Crippen LogP contribution in [0.5, 0.6) is 0 Å². The average molecular weight is 245 g/mol. The van der Waals surface area contributed by atoms with Crippen molar-refractivity contribution in [1.29, 1.82) is 0 Å². The minimum Gasteiger partial charge on any atom is -0.309 e. The fourth-order valence-corrected chi connectivity index (χ4v) is 3.48. The SMILES string of the molecule is Cc1cnccc1CN1CCNC2(CCCC2)C1. The van der Waals surface area contributed by atoms with Crippen molar-refractivity contribution in [3.8, 4) is 0 Å². The molecule has 1 aliphatic heterocycles. The number of aryl methyl sites for hydroxylation is 1. The van der Waals surface area contributed by atoms with Crippen LogP contribution >= 0.6 is 0 Å². The number of piperazine rings is 1. The Labute approximate surface area is 110 Å². The highest BCUT2D eigenvalue weighted by atomic mass is 15.2. The Morgan fingerprint density at radius 2 is 2.22 bits per heavy atom. The first kappa shape index (κ1) is 12.1. The molecule has 1 aromatic heterocycles. The van der Waals surface area contributed by atoms with Gasteiger partial charge in [0.1, 0.15) is 0 Å². The van der Waals surface area contributed by atoms with Crippen LogP contribution in [0.1, 0.15) is 36.8 Å². The highest BCUT2D eigenvalue weighted by Gasteiger charge is 2.37. The molecular weight excluding hydrogens is 222 g/mol. The minimum absolute atomic E-state index is 0.430. The van der Waals surface area contributed by atoms with E-state index in [2.05, 4.69) is 28.2 Å². The van der Waals surface area contributed by atoms with Crippen molar-refractivity contribution in [2.45, 2.75) is 44.7 Å². The van der Waals surface area contributed by atoms with E-state index >= 15 is 0 Å². The highest BCUT2D eigenvalue weighted by Crippen LogP contribution is 2.32. The summed E-state index contributed by atoms with van der Waals surface area (Å²) in [5, 5.41) is 3.77. The zero-order chi connectivity index (χ0) is 12.4. The number of nitrogens with one attached hydrogen (secondary N) is 1. The van der Waals surface area contributed by atoms with Gasteiger partial charge in [-0.05, 0) is 37.0 Å². The number of hydrogen-bond acceptors (Lipinski definition) is 3. The molecule has 3 rings (SSSR count). The molecule has 1 spiro atoms. The summed E-state index contributed by atoms with van der Waals surface area (Å²) in [6.45, 7) is 6.77. The van der Waals surface area contributed by atoms with Gasteiger partial charge in [-0.1, -0.05) is 12.8 Å². The maximum atomic E-state index is 4.18. The first-order valence-electron chi connectivity index (χ1n) is 7.14. The van der Waals surface area contributed by atoms with E-state index < -0.39 is 0 Å². The third-order valence-electron chi connectivity index (χ3n) is 4.55. The van der Waals surface area contributed by atoms with Gasteiger partial charge in [0.25, 0.3) is 0 Å². The Morgan fingerprint density at radius 1 is 1.39 bits per heavy atom. The second-order valence-electron chi connectivity index (χ2n) is 5.93. The quantitative estimate of drug-likeness (QED) is 0.865. The van der Waals surface area contributed by atoms with Gasteiger partial charge in [0.15, 0.2) is 0 Å². The Morgan fingerprint density at radius 3 is 3.00 bits per heavy atom. The van der Waals surface area contributed by atoms with Crippen molar-refractivity contribution in [3.05, 3.63) is 29.6 Å². The van der Waals surface area contributed by atoms with E-state index in [-0.39, 0.29) is 0 Å². The molecule has 0 radical (unpaired) electrons. The zero-order valence-corrected chi connectivity index (χ0v) is 11.3. The second kappa shape index (κ2) is 4.98. The predicted molar refractivity (Wildman–Crippen MR) is 73.5 cm³/mol. The Bertz CT molecular complexity index is 410. The van der Waals surface area contributed by atoms with E-state index in [1.807, 2.05) is 12.4 Å². The van der Waals surface area contributed by atoms with Gasteiger partial charge in [0.2, 0.25) is 0 Å². The van der Waals surface area contributed by atoms with Crippen LogP contribution in [0.25, 0.3) is 0 Å². The molecule has 1 saturated heterocycles. The van der Waals surface area contributed by atoms with Crippen LogP contribution in [0.4, 0.5) is 0 Å². The van der Waals surface area contributed by atoms with E-state index in [9.17, 15) is 0 Å². The van der Waals surface area contributed by atoms with Gasteiger partial charge < -0.3 is 5.32 Å². The lowest BCUT2D eigenvalue weighted by Gasteiger charge is -2.41. The topological polar surface area (TPSA) is 28.2 Å². The Hall–Kier alpha value is -0.930. The molecule has 0 aromatic carbocycles. The lowest BCUT2D eigenvalue weighted by molar-refractivity contribution is 0.128. The maximum Gasteiger partial charge on any atom is 0.0309 e. The van der Waals surface area contributed by atoms with Crippen molar-refractivity contribution >= 4 is 0 Å². The lowest BCUT2D eigenvalue weighted by Crippen LogP contribution is -2.58. The molecule has 3 heteroatoms. The van der Waals surface area contributed by atoms with Gasteiger partial charge in [0.05, 0.1) is 0 Å². The Balaban J connectivity index is 1.68. The summed E-state index contributed by atoms with van der Waals surface area (Å²) in [5.41, 5.74) is 3.18. The molecule has 0 atom stereocenters. The molecule has 0 amide bonds. The van der Waals surface area contributed by atoms with Crippen molar-refractivity contribution in [3.63, 3.8) is 0 Å². The van der Waals surface area contributed by atoms with E-state index in [0.717, 1.165) is 13.1 Å². The summed E-state index contributed by atoms with van der Waals surface area (Å²) in [7, 11) is 0. The summed E-state index contributed by atoms with van der Waals surface area (Å²) in [6, 6.07) is 2.17. The fourth-order valence-electron chi connectivity index (χ4n) is 3.48. The van der Waals surface area contributed by atoms with Crippen molar-refractivity contribution < 1.29 is 0 Å². The first-order valence-corrected chi connectivity index (χ1v) is 7.14. The molecule has 3 nitrogen and oxygen atoms in total. The summed E-state index contributed by atoms with van der Waals surface area (Å²) < 4.78 is 0. The zero-order valence-electron chi connectivity index (χ0n) is 11.3. The van der Waals surface area contributed by atoms with Gasteiger partial charge in [-0.3, -0.25) is 9.88 Å². The average Bonchev–Trinajstić information content (AvgIpc) is 2.80. The third-order valence-corrected chi connectivity index (χ3v) is 4.55. The van der Waals surface area contributed by atoms with Crippen molar-refractivity contribution in [1.82, 2.24) is 15.2 Å². The summed E-state index contributed by atoms with van der Waals surface area (Å²) >= 11 is 0. The van der Waals surface area contributed by atoms with Gasteiger partial charge in [-0.25, -0.2) is 0 Å². The Kier molecular flexibility index (Phi) is 3.35. The molecule has 1 aromatic rings. The van der Waals surface area contributed by atoms with Crippen LogP contribution < -0.4 is 5.32 Å². The van der Waals surface area contributed by atoms with E-state index in [1.165, 1.54) is 49.9 Å². The second-order valence-corrected chi connectivity index (χ2v) is 5.93. The number of nitrogens with zero attached hydrogens (tertiary/aromatic N) is 2. The molecule has 0 bridgehead atoms. The van der Waals surface area contributed by atoms with Gasteiger partial charge in [-0.2, -0.15) is 0 Å². The summed E-state index contributed by atoms with van der Waals surface area (Å²) in [5.74, 6) is 0. The van der Waals surface area contributed by atoms with E-state index in [4.69, 9.17) is 0 Å². The van der Waals surface area contributed by atoms with Crippen LogP contribution in [0, 0.1) is 6.92 Å². The summed E-state index contributed by atoms with van der Waals surface area (Å²) in [4.78, 5) is 6.79. The maximum absolute atomic E-state index is 4.18. The smallest absolute Gasteiger partial charge is 0.0309 e. The number of rotatable bonds is 2. The molecule has 18 heavy (non-hydrogen) atoms. The van der Waals surface area contributed by atoms with Crippen molar-refractivity contribution in [2.24, 2.45) is 0 Å². The largest absolute Gasteiger partial charge is 0.309 e. The van der Waals surface area contributed by atoms with Gasteiger partial charge >= 0.3 is 0 Å². The number of hydrogen-bond donors (Lipinski definition) is 1. The molecule has 1 aliphatic carbocycles. The molecule has 98 valence electrons. The van der Waals surface area contributed by atoms with E-state index in [1.54, 1.807) is 0 Å². The monoisotopic (exact) mass is 245 g/mol. The molecule has 0 unspecified atom stereocenters. The molecule has 2 heterocycles. The van der Waals surface area contributed by atoms with Crippen LogP contribution in [0.2, 0.25) is 0 Å². The predicted octanol–water partition coefficient (Wildman–Crippen LogP) is 2.11. The normalized spacial score (nSPS) is 23.6. The van der Waals surface area contributed by atoms with Gasteiger partial charge in [-0.15, -0.1) is 0 Å². The van der Waals surface area contributed by atoms with Gasteiger partial charge in [0, 0.05) is 44.1 Å². The highest BCUT2D eigenvalue weighted by molar-refractivity contribution is 5.21. The fraction of sp³-hybridized carbons (Fsp3) is 0.667. The van der Waals surface area contributed by atoms with E-state index in [0.29, 0.717) is 5.54 Å². The molecule has 1 saturated carbocycles. The molecule has 2 fully saturated rings. The third kappa shape index (κ3) is 2.43. The molecular formula is C15H23N3. The number of pyridine rings is 1. The summed E-state index contributed by atoms with van der Waals surface area (Å²) in [6.07, 6.45) is 9.40. The standard InChI is InChI=1S/C15H23N3/c1-13-10-16-7-4-14(13)11-18-9-8-17-15(12-18)5-2-3-6-15/h4,7,10,17H,2-3,5-6,8-9,11-12H2,1H3. The van der Waals surface area contributed by atoms with Crippen LogP contribution in [-0.4, -0.2) is 35.1 Å².